The first-order valence-corrected chi connectivity index (χ1v) is 11.1. The van der Waals surface area contributed by atoms with Gasteiger partial charge in [0.15, 0.2) is 11.8 Å². The summed E-state index contributed by atoms with van der Waals surface area (Å²) in [6.07, 6.45) is 3.14. The van der Waals surface area contributed by atoms with Crippen LogP contribution in [0.15, 0.2) is 29.3 Å². The van der Waals surface area contributed by atoms with Crippen LogP contribution in [0.4, 0.5) is 0 Å². The Morgan fingerprint density at radius 3 is 2.76 bits per heavy atom. The van der Waals surface area contributed by atoms with Gasteiger partial charge in [-0.25, -0.2) is 4.99 Å². The molecule has 0 radical (unpaired) electrons. The van der Waals surface area contributed by atoms with Gasteiger partial charge in [0, 0.05) is 19.7 Å². The number of nitrogens with zero attached hydrogens (tertiary/aromatic N) is 4. The maximum atomic E-state index is 5.98. The lowest BCUT2D eigenvalue weighted by Gasteiger charge is -2.18. The van der Waals surface area contributed by atoms with Gasteiger partial charge in [-0.2, -0.15) is 11.8 Å². The number of methoxy groups -OCH3 is 1. The van der Waals surface area contributed by atoms with Crippen molar-refractivity contribution in [2.24, 2.45) is 12.0 Å². The number of guanidine groups is 1. The van der Waals surface area contributed by atoms with E-state index in [1.807, 2.05) is 61.5 Å². The lowest BCUT2D eigenvalue weighted by atomic mass is 10.3. The molecule has 2 rings (SSSR count). The number of thioether (sulfide) groups is 1. The van der Waals surface area contributed by atoms with Crippen molar-refractivity contribution in [2.45, 2.75) is 32.9 Å². The fourth-order valence-electron chi connectivity index (χ4n) is 2.52. The van der Waals surface area contributed by atoms with Gasteiger partial charge < -0.3 is 24.7 Å². The van der Waals surface area contributed by atoms with Gasteiger partial charge in [-0.15, -0.1) is 10.2 Å². The molecule has 1 unspecified atom stereocenters. The molecule has 9 heteroatoms. The number of ether oxygens (including phenoxy) is 2. The zero-order chi connectivity index (χ0) is 21.1. The summed E-state index contributed by atoms with van der Waals surface area (Å²) in [6.45, 7) is 5.88. The van der Waals surface area contributed by atoms with Crippen LogP contribution in [0.1, 0.15) is 25.0 Å². The number of aromatic nitrogens is 3. The Labute approximate surface area is 177 Å². The van der Waals surface area contributed by atoms with E-state index < -0.39 is 0 Å². The van der Waals surface area contributed by atoms with Crippen LogP contribution in [0.2, 0.25) is 0 Å². The largest absolute Gasteiger partial charge is 0.497 e. The van der Waals surface area contributed by atoms with E-state index in [1.165, 1.54) is 0 Å². The molecule has 0 aliphatic rings. The number of hydrogen-bond donors (Lipinski definition) is 2. The maximum Gasteiger partial charge on any atom is 0.191 e. The van der Waals surface area contributed by atoms with Crippen LogP contribution < -0.4 is 20.1 Å². The highest BCUT2D eigenvalue weighted by atomic mass is 32.2. The van der Waals surface area contributed by atoms with Crippen molar-refractivity contribution in [1.82, 2.24) is 25.4 Å². The number of aryl methyl sites for hydroxylation is 1. The predicted molar refractivity (Wildman–Crippen MR) is 119 cm³/mol. The molecule has 29 heavy (non-hydrogen) atoms. The van der Waals surface area contributed by atoms with E-state index in [0.717, 1.165) is 47.8 Å². The van der Waals surface area contributed by atoms with Crippen molar-refractivity contribution in [1.29, 1.82) is 0 Å². The van der Waals surface area contributed by atoms with Crippen LogP contribution in [-0.4, -0.2) is 59.0 Å². The lowest BCUT2D eigenvalue weighted by Crippen LogP contribution is -2.42. The zero-order valence-electron chi connectivity index (χ0n) is 17.9. The van der Waals surface area contributed by atoms with Crippen molar-refractivity contribution < 1.29 is 9.47 Å². The number of benzene rings is 1. The Bertz CT molecular complexity index is 780. The van der Waals surface area contributed by atoms with E-state index in [4.69, 9.17) is 9.47 Å². The SMILES string of the molecule is COc1cccc(OC(C)CNC(=NCc2nnc(C)n2C)NCCCSC)c1. The van der Waals surface area contributed by atoms with E-state index in [0.29, 0.717) is 13.1 Å². The van der Waals surface area contributed by atoms with Gasteiger partial charge in [-0.3, -0.25) is 0 Å². The average molecular weight is 421 g/mol. The Balaban J connectivity index is 1.92. The fourth-order valence-corrected chi connectivity index (χ4v) is 2.96. The number of nitrogens with one attached hydrogen (secondary N) is 2. The summed E-state index contributed by atoms with van der Waals surface area (Å²) >= 11 is 1.84. The van der Waals surface area contributed by atoms with Crippen molar-refractivity contribution in [3.63, 3.8) is 0 Å². The topological polar surface area (TPSA) is 85.6 Å². The summed E-state index contributed by atoms with van der Waals surface area (Å²) in [6, 6.07) is 7.61. The van der Waals surface area contributed by atoms with E-state index >= 15 is 0 Å². The van der Waals surface area contributed by atoms with Crippen molar-refractivity contribution in [2.75, 3.05) is 32.2 Å². The zero-order valence-corrected chi connectivity index (χ0v) is 18.8. The van der Waals surface area contributed by atoms with Gasteiger partial charge >= 0.3 is 0 Å². The molecule has 1 aromatic carbocycles. The number of aliphatic imine (C=N–C) groups is 1. The van der Waals surface area contributed by atoms with Gasteiger partial charge in [0.25, 0.3) is 0 Å². The highest BCUT2D eigenvalue weighted by Crippen LogP contribution is 2.19. The van der Waals surface area contributed by atoms with Crippen LogP contribution in [0.5, 0.6) is 11.5 Å². The smallest absolute Gasteiger partial charge is 0.191 e. The van der Waals surface area contributed by atoms with Gasteiger partial charge in [0.2, 0.25) is 0 Å². The van der Waals surface area contributed by atoms with Crippen molar-refractivity contribution in [3.05, 3.63) is 35.9 Å². The van der Waals surface area contributed by atoms with Crippen LogP contribution in [-0.2, 0) is 13.6 Å². The number of rotatable bonds is 11. The minimum atomic E-state index is -0.0441. The molecule has 1 heterocycles. The molecule has 0 saturated carbocycles. The molecule has 0 amide bonds. The third-order valence-corrected chi connectivity index (χ3v) is 5.01. The Kier molecular flexibility index (Phi) is 9.63. The van der Waals surface area contributed by atoms with Crippen LogP contribution >= 0.6 is 11.8 Å². The number of hydrogen-bond acceptors (Lipinski definition) is 6. The molecule has 8 nitrogen and oxygen atoms in total. The molecule has 0 aliphatic heterocycles. The second-order valence-electron chi connectivity index (χ2n) is 6.65. The summed E-state index contributed by atoms with van der Waals surface area (Å²) in [5, 5.41) is 15.0. The second-order valence-corrected chi connectivity index (χ2v) is 7.63. The molecule has 0 bridgehead atoms. The van der Waals surface area contributed by atoms with Gasteiger partial charge in [-0.05, 0) is 44.4 Å². The summed E-state index contributed by atoms with van der Waals surface area (Å²) < 4.78 is 13.2. The van der Waals surface area contributed by atoms with E-state index in [-0.39, 0.29) is 6.10 Å². The molecule has 0 spiro atoms. The van der Waals surface area contributed by atoms with Gasteiger partial charge in [0.05, 0.1) is 13.7 Å². The Hall–Kier alpha value is -2.42. The normalized spacial score (nSPS) is 12.5. The standard InChI is InChI=1S/C20H32N6O2S/c1-15(28-18-9-6-8-17(12-18)27-4)13-22-20(21-10-7-11-29-5)23-14-19-25-24-16(2)26(19)3/h6,8-9,12,15H,7,10-11,13-14H2,1-5H3,(H2,21,22,23). The quantitative estimate of drug-likeness (QED) is 0.328. The first-order chi connectivity index (χ1) is 14.0. The minimum absolute atomic E-state index is 0.0441. The van der Waals surface area contributed by atoms with Crippen molar-refractivity contribution >= 4 is 17.7 Å². The summed E-state index contributed by atoms with van der Waals surface area (Å²) in [7, 11) is 3.59. The molecular formula is C20H32N6O2S. The van der Waals surface area contributed by atoms with Crippen LogP contribution in [0, 0.1) is 6.92 Å². The van der Waals surface area contributed by atoms with E-state index in [2.05, 4.69) is 32.1 Å². The van der Waals surface area contributed by atoms with Gasteiger partial charge in [-0.1, -0.05) is 6.07 Å². The first kappa shape index (κ1) is 22.9. The lowest BCUT2D eigenvalue weighted by molar-refractivity contribution is 0.223. The third-order valence-electron chi connectivity index (χ3n) is 4.31. The molecule has 1 aromatic heterocycles. The molecule has 2 N–H and O–H groups in total. The molecule has 0 saturated heterocycles. The Morgan fingerprint density at radius 2 is 2.07 bits per heavy atom. The van der Waals surface area contributed by atoms with Crippen LogP contribution in [0.25, 0.3) is 0 Å². The molecule has 0 aliphatic carbocycles. The van der Waals surface area contributed by atoms with Crippen LogP contribution in [0.3, 0.4) is 0 Å². The Morgan fingerprint density at radius 1 is 1.28 bits per heavy atom. The predicted octanol–water partition coefficient (Wildman–Crippen LogP) is 2.39. The maximum absolute atomic E-state index is 5.98. The monoisotopic (exact) mass is 420 g/mol. The fraction of sp³-hybridized carbons (Fsp3) is 0.550. The minimum Gasteiger partial charge on any atom is -0.497 e. The first-order valence-electron chi connectivity index (χ1n) is 9.70. The van der Waals surface area contributed by atoms with Crippen molar-refractivity contribution in [3.8, 4) is 11.5 Å². The molecule has 160 valence electrons. The van der Waals surface area contributed by atoms with Gasteiger partial charge in [0.1, 0.15) is 30.0 Å². The highest BCUT2D eigenvalue weighted by molar-refractivity contribution is 7.98. The molecular weight excluding hydrogens is 388 g/mol. The highest BCUT2D eigenvalue weighted by Gasteiger charge is 2.08. The molecule has 1 atom stereocenters. The third kappa shape index (κ3) is 7.84. The second kappa shape index (κ2) is 12.2. The summed E-state index contributed by atoms with van der Waals surface area (Å²) in [5.74, 6) is 5.11. The molecule has 2 aromatic rings. The average Bonchev–Trinajstić information content (AvgIpc) is 3.04. The molecule has 0 fully saturated rings. The van der Waals surface area contributed by atoms with E-state index in [1.54, 1.807) is 7.11 Å². The summed E-state index contributed by atoms with van der Waals surface area (Å²) in [4.78, 5) is 4.66. The van der Waals surface area contributed by atoms with E-state index in [9.17, 15) is 0 Å². The summed E-state index contributed by atoms with van der Waals surface area (Å²) in [5.41, 5.74) is 0.